The topological polar surface area (TPSA) is 91.8 Å². The van der Waals surface area contributed by atoms with Crippen molar-refractivity contribution in [2.75, 3.05) is 5.32 Å². The summed E-state index contributed by atoms with van der Waals surface area (Å²) in [5, 5.41) is 24.8. The van der Waals surface area contributed by atoms with Crippen molar-refractivity contribution in [3.8, 4) is 6.07 Å². The van der Waals surface area contributed by atoms with Crippen LogP contribution in [0.3, 0.4) is 0 Å². The summed E-state index contributed by atoms with van der Waals surface area (Å²) in [5.74, 6) is 0. The van der Waals surface area contributed by atoms with Gasteiger partial charge in [-0.1, -0.05) is 35.3 Å². The normalized spacial score (nSPS) is 10.4. The fourth-order valence-electron chi connectivity index (χ4n) is 2.29. The highest BCUT2D eigenvalue weighted by Crippen LogP contribution is 2.34. The molecule has 118 valence electrons. The molecule has 1 heterocycles. The van der Waals surface area contributed by atoms with Crippen LogP contribution >= 0.6 is 23.2 Å². The number of hydrogen-bond acceptors (Lipinski definition) is 5. The van der Waals surface area contributed by atoms with Crippen molar-refractivity contribution in [1.82, 2.24) is 4.98 Å². The summed E-state index contributed by atoms with van der Waals surface area (Å²) >= 11 is 11.9. The molecule has 1 N–H and O–H groups in total. The number of benzene rings is 2. The Morgan fingerprint density at radius 3 is 2.67 bits per heavy atom. The number of nitriles is 1. The Balaban J connectivity index is 2.21. The van der Waals surface area contributed by atoms with Crippen LogP contribution < -0.4 is 5.32 Å². The maximum absolute atomic E-state index is 11.2. The third-order valence-corrected chi connectivity index (χ3v) is 4.12. The van der Waals surface area contributed by atoms with E-state index in [1.165, 1.54) is 12.3 Å². The van der Waals surface area contributed by atoms with Crippen LogP contribution in [-0.4, -0.2) is 9.91 Å². The highest BCUT2D eigenvalue weighted by Gasteiger charge is 2.17. The molecule has 2 aromatic carbocycles. The number of nitrogens with one attached hydrogen (secondary N) is 1. The molecule has 24 heavy (non-hydrogen) atoms. The minimum atomic E-state index is -0.510. The van der Waals surface area contributed by atoms with Crippen LogP contribution in [0.2, 0.25) is 10.0 Å². The molecular formula is C16H8Cl2N4O2. The lowest BCUT2D eigenvalue weighted by Crippen LogP contribution is -1.99. The molecule has 0 aliphatic heterocycles. The summed E-state index contributed by atoms with van der Waals surface area (Å²) in [5.41, 5.74) is 1.34. The van der Waals surface area contributed by atoms with Gasteiger partial charge in [-0.05, 0) is 18.2 Å². The van der Waals surface area contributed by atoms with E-state index in [-0.39, 0.29) is 16.8 Å². The van der Waals surface area contributed by atoms with E-state index in [9.17, 15) is 15.4 Å². The molecule has 0 unspecified atom stereocenters. The molecule has 0 amide bonds. The van der Waals surface area contributed by atoms with Crippen molar-refractivity contribution in [3.05, 3.63) is 68.3 Å². The highest BCUT2D eigenvalue weighted by atomic mass is 35.5. The summed E-state index contributed by atoms with van der Waals surface area (Å²) in [4.78, 5) is 14.7. The molecule has 0 atom stereocenters. The zero-order valence-electron chi connectivity index (χ0n) is 12.0. The number of para-hydroxylation sites is 1. The molecule has 0 aliphatic rings. The number of halogens is 2. The predicted molar refractivity (Wildman–Crippen MR) is 92.9 cm³/mol. The predicted octanol–water partition coefficient (Wildman–Crippen LogP) is 5.07. The minimum Gasteiger partial charge on any atom is -0.354 e. The van der Waals surface area contributed by atoms with Crippen molar-refractivity contribution in [3.63, 3.8) is 0 Å². The van der Waals surface area contributed by atoms with E-state index in [4.69, 9.17) is 23.2 Å². The second-order valence-electron chi connectivity index (χ2n) is 4.84. The maximum atomic E-state index is 11.2. The maximum Gasteiger partial charge on any atom is 0.295 e. The Morgan fingerprint density at radius 1 is 1.21 bits per heavy atom. The number of nitro groups is 1. The Hall–Kier alpha value is -2.88. The van der Waals surface area contributed by atoms with E-state index in [1.807, 2.05) is 6.07 Å². The SMILES string of the molecule is N#Cc1cnc2c([N+](=O)[O-])cccc2c1Nc1ccc(Cl)c(Cl)c1. The summed E-state index contributed by atoms with van der Waals surface area (Å²) in [6.07, 6.45) is 1.30. The van der Waals surface area contributed by atoms with E-state index in [0.717, 1.165) is 0 Å². The van der Waals surface area contributed by atoms with Gasteiger partial charge in [-0.2, -0.15) is 5.26 Å². The van der Waals surface area contributed by atoms with Crippen molar-refractivity contribution >= 4 is 51.2 Å². The molecule has 0 bridgehead atoms. The molecule has 6 nitrogen and oxygen atoms in total. The number of rotatable bonds is 3. The smallest absolute Gasteiger partial charge is 0.295 e. The Morgan fingerprint density at radius 2 is 2.00 bits per heavy atom. The van der Waals surface area contributed by atoms with Crippen LogP contribution in [0.4, 0.5) is 17.1 Å². The third kappa shape index (κ3) is 2.83. The lowest BCUT2D eigenvalue weighted by Gasteiger charge is -2.12. The Kier molecular flexibility index (Phi) is 4.21. The molecular weight excluding hydrogens is 351 g/mol. The Labute approximate surface area is 146 Å². The minimum absolute atomic E-state index is 0.130. The van der Waals surface area contributed by atoms with Crippen molar-refractivity contribution < 1.29 is 4.92 Å². The third-order valence-electron chi connectivity index (χ3n) is 3.38. The molecule has 0 saturated heterocycles. The summed E-state index contributed by atoms with van der Waals surface area (Å²) in [7, 11) is 0. The average Bonchev–Trinajstić information content (AvgIpc) is 2.57. The first-order valence-corrected chi connectivity index (χ1v) is 7.45. The van der Waals surface area contributed by atoms with E-state index in [0.29, 0.717) is 26.8 Å². The van der Waals surface area contributed by atoms with Gasteiger partial charge in [0.2, 0.25) is 0 Å². The van der Waals surface area contributed by atoms with Crippen LogP contribution in [0.1, 0.15) is 5.56 Å². The van der Waals surface area contributed by atoms with Crippen LogP contribution in [0.25, 0.3) is 10.9 Å². The second kappa shape index (κ2) is 6.32. The highest BCUT2D eigenvalue weighted by molar-refractivity contribution is 6.42. The molecule has 0 spiro atoms. The molecule has 0 saturated carbocycles. The van der Waals surface area contributed by atoms with E-state index in [1.54, 1.807) is 30.3 Å². The van der Waals surface area contributed by atoms with Crippen LogP contribution in [0, 0.1) is 21.4 Å². The number of nitrogens with zero attached hydrogens (tertiary/aromatic N) is 3. The van der Waals surface area contributed by atoms with Gasteiger partial charge >= 0.3 is 0 Å². The molecule has 3 rings (SSSR count). The van der Waals surface area contributed by atoms with Crippen molar-refractivity contribution in [1.29, 1.82) is 5.26 Å². The van der Waals surface area contributed by atoms with Gasteiger partial charge in [0, 0.05) is 23.3 Å². The number of non-ortho nitro benzene ring substituents is 1. The number of fused-ring (bicyclic) bond motifs is 1. The lowest BCUT2D eigenvalue weighted by atomic mass is 10.1. The van der Waals surface area contributed by atoms with Gasteiger partial charge in [-0.3, -0.25) is 10.1 Å². The van der Waals surface area contributed by atoms with Gasteiger partial charge in [-0.25, -0.2) is 4.98 Å². The molecule has 0 fully saturated rings. The quantitative estimate of drug-likeness (QED) is 0.521. The van der Waals surface area contributed by atoms with E-state index in [2.05, 4.69) is 10.3 Å². The standard InChI is InChI=1S/C16H8Cl2N4O2/c17-12-5-4-10(6-13(12)18)21-15-9(7-19)8-20-16-11(15)2-1-3-14(16)22(23)24/h1-6,8H,(H,20,21). The molecule has 0 aliphatic carbocycles. The zero-order chi connectivity index (χ0) is 17.3. The molecule has 8 heteroatoms. The molecule has 0 radical (unpaired) electrons. The van der Waals surface area contributed by atoms with Crippen molar-refractivity contribution in [2.24, 2.45) is 0 Å². The average molecular weight is 359 g/mol. The largest absolute Gasteiger partial charge is 0.354 e. The fourth-order valence-corrected chi connectivity index (χ4v) is 2.59. The molecule has 3 aromatic rings. The Bertz CT molecular complexity index is 1010. The van der Waals surface area contributed by atoms with Gasteiger partial charge in [0.05, 0.1) is 26.2 Å². The van der Waals surface area contributed by atoms with Crippen LogP contribution in [0.5, 0.6) is 0 Å². The number of anilines is 2. The van der Waals surface area contributed by atoms with Crippen molar-refractivity contribution in [2.45, 2.75) is 0 Å². The summed E-state index contributed by atoms with van der Waals surface area (Å²) in [6, 6.07) is 11.5. The molecule has 1 aromatic heterocycles. The number of aromatic nitrogens is 1. The van der Waals surface area contributed by atoms with Gasteiger partial charge in [0.25, 0.3) is 5.69 Å². The number of hydrogen-bond donors (Lipinski definition) is 1. The first kappa shape index (κ1) is 16.0. The van der Waals surface area contributed by atoms with E-state index < -0.39 is 4.92 Å². The first-order chi connectivity index (χ1) is 11.5. The first-order valence-electron chi connectivity index (χ1n) is 6.69. The van der Waals surface area contributed by atoms with Crippen LogP contribution in [0.15, 0.2) is 42.6 Å². The van der Waals surface area contributed by atoms with E-state index >= 15 is 0 Å². The summed E-state index contributed by atoms with van der Waals surface area (Å²) in [6.45, 7) is 0. The van der Waals surface area contributed by atoms with Gasteiger partial charge in [0.15, 0.2) is 0 Å². The van der Waals surface area contributed by atoms with Crippen LogP contribution in [-0.2, 0) is 0 Å². The zero-order valence-corrected chi connectivity index (χ0v) is 13.5. The fraction of sp³-hybridized carbons (Fsp3) is 0. The van der Waals surface area contributed by atoms with Gasteiger partial charge in [0.1, 0.15) is 11.6 Å². The number of nitro benzene ring substituents is 1. The monoisotopic (exact) mass is 358 g/mol. The van der Waals surface area contributed by atoms with Gasteiger partial charge < -0.3 is 5.32 Å². The number of pyridine rings is 1. The van der Waals surface area contributed by atoms with Gasteiger partial charge in [-0.15, -0.1) is 0 Å². The lowest BCUT2D eigenvalue weighted by molar-refractivity contribution is -0.383. The second-order valence-corrected chi connectivity index (χ2v) is 5.66. The summed E-state index contributed by atoms with van der Waals surface area (Å²) < 4.78 is 0.